The average Bonchev–Trinajstić information content (AvgIpc) is 3.20. The highest BCUT2D eigenvalue weighted by Gasteiger charge is 2.65. The Hall–Kier alpha value is 0.270. The van der Waals surface area contributed by atoms with Crippen molar-refractivity contribution in [3.05, 3.63) is 21.8 Å². The molecule has 3 aliphatic heterocycles. The summed E-state index contributed by atoms with van der Waals surface area (Å²) in [5, 5.41) is -6.13. The molecule has 0 amide bonds. The Morgan fingerprint density at radius 1 is 1.26 bits per heavy atom. The summed E-state index contributed by atoms with van der Waals surface area (Å²) in [6.07, 6.45) is -0.952. The van der Waals surface area contributed by atoms with Crippen LogP contribution in [0.25, 0.3) is 0 Å². The minimum Gasteiger partial charge on any atom is -0.456 e. The van der Waals surface area contributed by atoms with Gasteiger partial charge in [0.2, 0.25) is 0 Å². The molecule has 1 aromatic carbocycles. The van der Waals surface area contributed by atoms with Gasteiger partial charge in [0.1, 0.15) is 17.4 Å². The van der Waals surface area contributed by atoms with E-state index in [-0.39, 0.29) is 12.8 Å². The second-order valence-corrected chi connectivity index (χ2v) is 13.3. The average molecular weight is 814 g/mol. The molecule has 0 radical (unpaired) electrons. The zero-order valence-electron chi connectivity index (χ0n) is 15.2. The molecule has 4 rings (SSSR count). The lowest BCUT2D eigenvalue weighted by atomic mass is 9.90. The van der Waals surface area contributed by atoms with E-state index >= 15 is 0 Å². The maximum atomic E-state index is 13.5. The Balaban J connectivity index is 1.57. The molecular weight excluding hydrogens is 803 g/mol. The number of thioether (sulfide) groups is 1. The van der Waals surface area contributed by atoms with Gasteiger partial charge in [0.15, 0.2) is 0 Å². The number of alkyl halides is 2. The van der Waals surface area contributed by atoms with Crippen molar-refractivity contribution in [2.45, 2.75) is 47.4 Å². The largest absolute Gasteiger partial charge is 0.465 e. The van der Waals surface area contributed by atoms with E-state index < -0.39 is 49.7 Å². The molecule has 2 fully saturated rings. The summed E-state index contributed by atoms with van der Waals surface area (Å²) in [6.45, 7) is 1.83. The van der Waals surface area contributed by atoms with E-state index in [9.17, 15) is 26.8 Å². The van der Waals surface area contributed by atoms with Crippen LogP contribution in [0.3, 0.4) is 0 Å². The molecule has 1 aromatic rings. The first-order valence-corrected chi connectivity index (χ1v) is 14.1. The number of hydrogen-bond acceptors (Lipinski definition) is 8. The number of fused-ring (bicyclic) bond motifs is 4. The highest BCUT2D eigenvalue weighted by atomic mass is 127. The Labute approximate surface area is 220 Å². The summed E-state index contributed by atoms with van der Waals surface area (Å²) in [5.74, 6) is -3.83. The van der Waals surface area contributed by atoms with Gasteiger partial charge in [0.25, 0.3) is 5.79 Å². The summed E-state index contributed by atoms with van der Waals surface area (Å²) < 4.78 is 76.2. The van der Waals surface area contributed by atoms with Gasteiger partial charge >= 0.3 is 27.3 Å². The van der Waals surface area contributed by atoms with Crippen molar-refractivity contribution >= 4 is 102 Å². The molecule has 0 saturated carbocycles. The third-order valence-electron chi connectivity index (χ3n) is 5.24. The fourth-order valence-electron chi connectivity index (χ4n) is 3.71. The van der Waals surface area contributed by atoms with Crippen LogP contribution in [0.1, 0.15) is 28.8 Å². The lowest BCUT2D eigenvalue weighted by molar-refractivity contribution is -0.185. The van der Waals surface area contributed by atoms with Gasteiger partial charge in [0, 0.05) is 34.4 Å². The van der Waals surface area contributed by atoms with Gasteiger partial charge in [-0.25, -0.2) is 9.59 Å². The number of carbonyl (C=O) groups is 2. The molecule has 1 spiro atoms. The molecule has 3 heterocycles. The van der Waals surface area contributed by atoms with Crippen LogP contribution in [0.2, 0.25) is 0 Å². The van der Waals surface area contributed by atoms with E-state index in [1.54, 1.807) is 0 Å². The highest BCUT2D eigenvalue weighted by Crippen LogP contribution is 2.57. The number of rotatable bonds is 3. The normalized spacial score (nSPS) is 29.5. The van der Waals surface area contributed by atoms with Crippen LogP contribution in [-0.4, -0.2) is 52.6 Å². The van der Waals surface area contributed by atoms with Crippen molar-refractivity contribution < 1.29 is 45.6 Å². The Morgan fingerprint density at radius 3 is 2.45 bits per heavy atom. The molecule has 8 nitrogen and oxygen atoms in total. The lowest BCUT2D eigenvalue weighted by Gasteiger charge is -2.41. The fourth-order valence-corrected chi connectivity index (χ4v) is 8.20. The molecule has 2 bridgehead atoms. The van der Waals surface area contributed by atoms with E-state index in [0.29, 0.717) is 14.9 Å². The van der Waals surface area contributed by atoms with Crippen LogP contribution in [0.5, 0.6) is 5.75 Å². The van der Waals surface area contributed by atoms with Crippen LogP contribution in [0.4, 0.5) is 8.78 Å². The Morgan fingerprint density at radius 2 is 1.90 bits per heavy atom. The van der Waals surface area contributed by atoms with Crippen LogP contribution in [0, 0.1) is 17.6 Å². The molecule has 31 heavy (non-hydrogen) atoms. The molecule has 3 aliphatic rings. The van der Waals surface area contributed by atoms with Crippen molar-refractivity contribution in [1.29, 1.82) is 0 Å². The molecule has 0 aliphatic carbocycles. The topological polar surface area (TPSA) is 116 Å². The first-order valence-electron chi connectivity index (χ1n) is 8.50. The van der Waals surface area contributed by atoms with Gasteiger partial charge in [-0.05, 0) is 74.7 Å². The maximum Gasteiger partial charge on any atom is 0.465 e. The third-order valence-corrected chi connectivity index (χ3v) is 13.3. The Kier molecular flexibility index (Phi) is 6.22. The zero-order chi connectivity index (χ0) is 23.1. The van der Waals surface area contributed by atoms with E-state index in [0.717, 1.165) is 12.7 Å². The van der Waals surface area contributed by atoms with Crippen LogP contribution < -0.4 is 4.74 Å². The van der Waals surface area contributed by atoms with Gasteiger partial charge in [-0.15, -0.1) is 11.8 Å². The number of hydrogen-bond donors (Lipinski definition) is 1. The maximum absolute atomic E-state index is 13.5. The summed E-state index contributed by atoms with van der Waals surface area (Å²) in [7, 11) is -5.95. The predicted molar refractivity (Wildman–Crippen MR) is 129 cm³/mol. The van der Waals surface area contributed by atoms with E-state index in [1.807, 2.05) is 6.92 Å². The molecule has 15 heteroatoms. The minimum atomic E-state index is -5.95. The second kappa shape index (κ2) is 7.91. The smallest absolute Gasteiger partial charge is 0.456 e. The first-order chi connectivity index (χ1) is 14.2. The molecule has 170 valence electrons. The fraction of sp³-hybridized carbons (Fsp3) is 0.500. The number of carbonyl (C=O) groups excluding carboxylic acids is 2. The standard InChI is InChI=1S/C16H11F2I3O8S2/c1-4-9(19)11(21)10(20)8-12(4)28-15(29-13(8)22)3-6-5(2-7(15)30-6)27-14(23)16(17,18)31(24,25)26/h5-7H,2-3H2,1H3,(H,24,25,26). The zero-order valence-corrected chi connectivity index (χ0v) is 23.3. The first kappa shape index (κ1) is 24.4. The number of ether oxygens (including phenoxy) is 3. The van der Waals surface area contributed by atoms with Crippen molar-refractivity contribution in [1.82, 2.24) is 0 Å². The van der Waals surface area contributed by atoms with Gasteiger partial charge in [0.05, 0.1) is 5.25 Å². The lowest BCUT2D eigenvalue weighted by Crippen LogP contribution is -2.54. The number of halogens is 5. The molecule has 0 aromatic heterocycles. The van der Waals surface area contributed by atoms with Gasteiger partial charge in [-0.3, -0.25) is 4.55 Å². The molecule has 1 N–H and O–H groups in total. The highest BCUT2D eigenvalue weighted by molar-refractivity contribution is 14.1. The van der Waals surface area contributed by atoms with Gasteiger partial charge in [-0.1, -0.05) is 0 Å². The molecule has 2 saturated heterocycles. The predicted octanol–water partition coefficient (Wildman–Crippen LogP) is 3.72. The SMILES string of the molecule is Cc1c(I)c(I)c(I)c2c1OC1(CC3SC1CC3OC(=O)C(F)(F)S(=O)(=O)O)OC2=O. The molecule has 4 atom stereocenters. The van der Waals surface area contributed by atoms with Crippen molar-refractivity contribution in [2.24, 2.45) is 0 Å². The van der Waals surface area contributed by atoms with E-state index in [4.69, 9.17) is 18.8 Å². The third kappa shape index (κ3) is 3.75. The summed E-state index contributed by atoms with van der Waals surface area (Å²) >= 11 is 7.62. The number of benzene rings is 1. The summed E-state index contributed by atoms with van der Waals surface area (Å²) in [6, 6.07) is 0. The number of esters is 2. The molecule has 4 unspecified atom stereocenters. The molecular formula is C16H11F2I3O8S2. The van der Waals surface area contributed by atoms with Crippen molar-refractivity contribution in [3.8, 4) is 5.75 Å². The monoisotopic (exact) mass is 814 g/mol. The minimum absolute atomic E-state index is 0.0167. The quantitative estimate of drug-likeness (QED) is 0.211. The van der Waals surface area contributed by atoms with Crippen LogP contribution in [-0.2, 0) is 24.4 Å². The van der Waals surface area contributed by atoms with E-state index in [1.165, 1.54) is 11.8 Å². The second-order valence-electron chi connectivity index (χ2n) is 7.11. The van der Waals surface area contributed by atoms with Crippen molar-refractivity contribution in [2.75, 3.05) is 0 Å². The van der Waals surface area contributed by atoms with Crippen LogP contribution in [0.15, 0.2) is 0 Å². The van der Waals surface area contributed by atoms with Gasteiger partial charge < -0.3 is 14.2 Å². The summed E-state index contributed by atoms with van der Waals surface area (Å²) in [4.78, 5) is 24.5. The van der Waals surface area contributed by atoms with Crippen LogP contribution >= 0.6 is 79.5 Å². The van der Waals surface area contributed by atoms with Crippen molar-refractivity contribution in [3.63, 3.8) is 0 Å². The Bertz CT molecular complexity index is 1130. The summed E-state index contributed by atoms with van der Waals surface area (Å²) in [5.41, 5.74) is 1.11. The van der Waals surface area contributed by atoms with E-state index in [2.05, 4.69) is 67.8 Å². The van der Waals surface area contributed by atoms with Gasteiger partial charge in [-0.2, -0.15) is 17.2 Å².